The summed E-state index contributed by atoms with van der Waals surface area (Å²) in [6.07, 6.45) is 3.78. The zero-order chi connectivity index (χ0) is 15.2. The molecular weight excluding hydrogens is 268 g/mol. The summed E-state index contributed by atoms with van der Waals surface area (Å²) in [6, 6.07) is 1.96. The molecule has 0 bridgehead atoms. The number of nitrogen functional groups attached to an aromatic ring is 1. The molecule has 0 aromatic carbocycles. The molecule has 114 valence electrons. The van der Waals surface area contributed by atoms with Gasteiger partial charge in [0.2, 0.25) is 5.95 Å². The molecule has 1 aliphatic rings. The van der Waals surface area contributed by atoms with Crippen molar-refractivity contribution in [3.8, 4) is 6.07 Å². The van der Waals surface area contributed by atoms with Crippen molar-refractivity contribution in [2.45, 2.75) is 12.8 Å². The number of rotatable bonds is 5. The Labute approximate surface area is 125 Å². The third-order valence-electron chi connectivity index (χ3n) is 3.82. The molecule has 1 aromatic heterocycles. The standard InChI is InChI=1S/C14H22N6O/c1-19(14-17-8-12(7-15)13(16)18-14)9-11-3-2-4-20(10-11)5-6-21/h8,11,21H,2-6,9-10H2,1H3,(H2,16,17,18)/t11-/m1/s1. The highest BCUT2D eigenvalue weighted by atomic mass is 16.3. The summed E-state index contributed by atoms with van der Waals surface area (Å²) in [4.78, 5) is 12.6. The highest BCUT2D eigenvalue weighted by molar-refractivity contribution is 5.50. The van der Waals surface area contributed by atoms with Gasteiger partial charge in [-0.15, -0.1) is 0 Å². The van der Waals surface area contributed by atoms with Crippen LogP contribution in [0.25, 0.3) is 0 Å². The van der Waals surface area contributed by atoms with Crippen LogP contribution in [0.1, 0.15) is 18.4 Å². The topological polar surface area (TPSA) is 102 Å². The Morgan fingerprint density at radius 1 is 1.62 bits per heavy atom. The fourth-order valence-electron chi connectivity index (χ4n) is 2.77. The van der Waals surface area contributed by atoms with Crippen LogP contribution in [-0.2, 0) is 0 Å². The van der Waals surface area contributed by atoms with Gasteiger partial charge in [0.15, 0.2) is 0 Å². The number of nitrogens with two attached hydrogens (primary N) is 1. The first-order valence-electron chi connectivity index (χ1n) is 7.21. The van der Waals surface area contributed by atoms with E-state index < -0.39 is 0 Å². The Balaban J connectivity index is 1.96. The summed E-state index contributed by atoms with van der Waals surface area (Å²) in [5, 5.41) is 17.9. The van der Waals surface area contributed by atoms with E-state index in [0.717, 1.165) is 39.0 Å². The smallest absolute Gasteiger partial charge is 0.227 e. The van der Waals surface area contributed by atoms with Gasteiger partial charge in [-0.3, -0.25) is 0 Å². The van der Waals surface area contributed by atoms with Crippen LogP contribution in [0.3, 0.4) is 0 Å². The molecule has 3 N–H and O–H groups in total. The minimum atomic E-state index is 0.206. The predicted octanol–water partition coefficient (Wildman–Crippen LogP) is 0.0710. The Kier molecular flexibility index (Phi) is 5.31. The number of aromatic nitrogens is 2. The van der Waals surface area contributed by atoms with Crippen LogP contribution in [0.15, 0.2) is 6.20 Å². The van der Waals surface area contributed by atoms with Gasteiger partial charge in [-0.05, 0) is 25.3 Å². The minimum Gasteiger partial charge on any atom is -0.395 e. The molecule has 0 amide bonds. The first kappa shape index (κ1) is 15.5. The van der Waals surface area contributed by atoms with Crippen molar-refractivity contribution in [3.63, 3.8) is 0 Å². The number of piperidine rings is 1. The van der Waals surface area contributed by atoms with E-state index in [1.807, 2.05) is 18.0 Å². The second-order valence-electron chi connectivity index (χ2n) is 5.49. The zero-order valence-electron chi connectivity index (χ0n) is 12.4. The third-order valence-corrected chi connectivity index (χ3v) is 3.82. The average molecular weight is 290 g/mol. The maximum Gasteiger partial charge on any atom is 0.227 e. The number of aliphatic hydroxyl groups excluding tert-OH is 1. The Hall–Kier alpha value is -1.91. The molecule has 0 radical (unpaired) electrons. The molecule has 7 heteroatoms. The number of hydrogen-bond donors (Lipinski definition) is 2. The van der Waals surface area contributed by atoms with Crippen LogP contribution in [0, 0.1) is 17.2 Å². The fraction of sp³-hybridized carbons (Fsp3) is 0.643. The summed E-state index contributed by atoms with van der Waals surface area (Å²) in [5.74, 6) is 1.29. The van der Waals surface area contributed by atoms with Gasteiger partial charge in [0.1, 0.15) is 17.5 Å². The normalized spacial score (nSPS) is 19.2. The minimum absolute atomic E-state index is 0.206. The van der Waals surface area contributed by atoms with Crippen LogP contribution < -0.4 is 10.6 Å². The summed E-state index contributed by atoms with van der Waals surface area (Å²) < 4.78 is 0. The Bertz CT molecular complexity index is 513. The second-order valence-corrected chi connectivity index (χ2v) is 5.49. The van der Waals surface area contributed by atoms with Gasteiger partial charge in [0.05, 0.1) is 12.8 Å². The fourth-order valence-corrected chi connectivity index (χ4v) is 2.77. The third kappa shape index (κ3) is 4.03. The monoisotopic (exact) mass is 290 g/mol. The van der Waals surface area contributed by atoms with E-state index in [-0.39, 0.29) is 12.4 Å². The number of nitrogens with zero attached hydrogens (tertiary/aromatic N) is 5. The molecule has 1 atom stereocenters. The van der Waals surface area contributed by atoms with Crippen molar-refractivity contribution in [1.82, 2.24) is 14.9 Å². The summed E-state index contributed by atoms with van der Waals surface area (Å²) in [5.41, 5.74) is 6.03. The van der Waals surface area contributed by atoms with Crippen LogP contribution in [-0.4, -0.2) is 59.8 Å². The SMILES string of the molecule is CN(C[C@H]1CCCN(CCO)C1)c1ncc(C#N)c(N)n1. The average Bonchev–Trinajstić information content (AvgIpc) is 2.48. The number of β-amino-alcohol motifs (C(OH)–C–C–N with tert-alkyl or cyclic N) is 1. The van der Waals surface area contributed by atoms with Crippen molar-refractivity contribution >= 4 is 11.8 Å². The van der Waals surface area contributed by atoms with Crippen molar-refractivity contribution in [2.75, 3.05) is 50.5 Å². The molecule has 2 rings (SSSR count). The first-order valence-corrected chi connectivity index (χ1v) is 7.21. The predicted molar refractivity (Wildman–Crippen MR) is 80.7 cm³/mol. The molecule has 0 saturated carbocycles. The molecule has 2 heterocycles. The number of hydrogen-bond acceptors (Lipinski definition) is 7. The summed E-state index contributed by atoms with van der Waals surface area (Å²) in [7, 11) is 1.94. The van der Waals surface area contributed by atoms with E-state index in [9.17, 15) is 0 Å². The van der Waals surface area contributed by atoms with E-state index in [2.05, 4.69) is 14.9 Å². The molecule has 0 aliphatic carbocycles. The van der Waals surface area contributed by atoms with Crippen LogP contribution in [0.5, 0.6) is 0 Å². The lowest BCUT2D eigenvalue weighted by molar-refractivity contribution is 0.142. The lowest BCUT2D eigenvalue weighted by Gasteiger charge is -2.34. The Morgan fingerprint density at radius 3 is 3.10 bits per heavy atom. The number of anilines is 2. The molecule has 0 spiro atoms. The molecule has 21 heavy (non-hydrogen) atoms. The van der Waals surface area contributed by atoms with Gasteiger partial charge in [-0.2, -0.15) is 10.2 Å². The van der Waals surface area contributed by atoms with Crippen LogP contribution >= 0.6 is 0 Å². The maximum absolute atomic E-state index is 9.03. The van der Waals surface area contributed by atoms with E-state index in [1.54, 1.807) is 0 Å². The lowest BCUT2D eigenvalue weighted by Crippen LogP contribution is -2.41. The van der Waals surface area contributed by atoms with Crippen molar-refractivity contribution in [2.24, 2.45) is 5.92 Å². The lowest BCUT2D eigenvalue weighted by atomic mass is 9.97. The Morgan fingerprint density at radius 2 is 2.43 bits per heavy atom. The van der Waals surface area contributed by atoms with E-state index in [0.29, 0.717) is 17.4 Å². The van der Waals surface area contributed by atoms with Crippen molar-refractivity contribution < 1.29 is 5.11 Å². The van der Waals surface area contributed by atoms with Gasteiger partial charge in [-0.25, -0.2) is 4.98 Å². The van der Waals surface area contributed by atoms with Crippen molar-refractivity contribution in [1.29, 1.82) is 5.26 Å². The van der Waals surface area contributed by atoms with Gasteiger partial charge in [0.25, 0.3) is 0 Å². The number of likely N-dealkylation sites (tertiary alicyclic amines) is 1. The van der Waals surface area contributed by atoms with Gasteiger partial charge in [-0.1, -0.05) is 0 Å². The van der Waals surface area contributed by atoms with Crippen LogP contribution in [0.2, 0.25) is 0 Å². The van der Waals surface area contributed by atoms with E-state index >= 15 is 0 Å². The van der Waals surface area contributed by atoms with Gasteiger partial charge >= 0.3 is 0 Å². The highest BCUT2D eigenvalue weighted by Gasteiger charge is 2.21. The molecule has 1 aromatic rings. The molecular formula is C14H22N6O. The molecule has 1 aliphatic heterocycles. The van der Waals surface area contributed by atoms with E-state index in [4.69, 9.17) is 16.1 Å². The maximum atomic E-state index is 9.03. The van der Waals surface area contributed by atoms with Crippen LogP contribution in [0.4, 0.5) is 11.8 Å². The quantitative estimate of drug-likeness (QED) is 0.791. The second kappa shape index (κ2) is 7.20. The summed E-state index contributed by atoms with van der Waals surface area (Å²) in [6.45, 7) is 3.82. The van der Waals surface area contributed by atoms with E-state index in [1.165, 1.54) is 6.20 Å². The largest absolute Gasteiger partial charge is 0.395 e. The zero-order valence-corrected chi connectivity index (χ0v) is 12.4. The van der Waals surface area contributed by atoms with Crippen molar-refractivity contribution in [3.05, 3.63) is 11.8 Å². The number of aliphatic hydroxyl groups is 1. The highest BCUT2D eigenvalue weighted by Crippen LogP contribution is 2.19. The van der Waals surface area contributed by atoms with Gasteiger partial charge < -0.3 is 20.6 Å². The first-order chi connectivity index (χ1) is 10.1. The van der Waals surface area contributed by atoms with Gasteiger partial charge in [0, 0.05) is 26.7 Å². The molecule has 1 fully saturated rings. The number of nitriles is 1. The summed E-state index contributed by atoms with van der Waals surface area (Å²) >= 11 is 0. The molecule has 0 unspecified atom stereocenters. The molecule has 7 nitrogen and oxygen atoms in total. The molecule has 1 saturated heterocycles.